The molecule has 0 aliphatic carbocycles. The highest BCUT2D eigenvalue weighted by Gasteiger charge is 2.31. The summed E-state index contributed by atoms with van der Waals surface area (Å²) in [7, 11) is -3.44. The van der Waals surface area contributed by atoms with Gasteiger partial charge in [-0.2, -0.15) is 4.31 Å². The van der Waals surface area contributed by atoms with Gasteiger partial charge in [-0.1, -0.05) is 12.1 Å². The highest BCUT2D eigenvalue weighted by molar-refractivity contribution is 7.89. The van der Waals surface area contributed by atoms with E-state index in [4.69, 9.17) is 4.98 Å². The van der Waals surface area contributed by atoms with Crippen molar-refractivity contribution < 1.29 is 8.42 Å². The van der Waals surface area contributed by atoms with Gasteiger partial charge in [0.2, 0.25) is 10.0 Å². The molecule has 0 N–H and O–H groups in total. The molecule has 0 bridgehead atoms. The van der Waals surface area contributed by atoms with Crippen molar-refractivity contribution in [1.82, 2.24) is 14.3 Å². The maximum atomic E-state index is 12.6. The minimum atomic E-state index is -3.44. The SMILES string of the molecule is O=S(=O)(c1cccnc1)N1CCC(c2nc3ccccc3s2)CC1. The fraction of sp³-hybridized carbons (Fsp3) is 0.294. The van der Waals surface area contributed by atoms with Crippen LogP contribution in [0.4, 0.5) is 0 Å². The average Bonchev–Trinajstić information content (AvgIpc) is 3.07. The average molecular weight is 359 g/mol. The summed E-state index contributed by atoms with van der Waals surface area (Å²) in [5, 5.41) is 1.12. The molecule has 1 aromatic carbocycles. The molecule has 5 nitrogen and oxygen atoms in total. The van der Waals surface area contributed by atoms with E-state index in [0.29, 0.717) is 19.0 Å². The quantitative estimate of drug-likeness (QED) is 0.720. The number of rotatable bonds is 3. The van der Waals surface area contributed by atoms with Gasteiger partial charge in [0.15, 0.2) is 0 Å². The van der Waals surface area contributed by atoms with Crippen LogP contribution in [0.2, 0.25) is 0 Å². The molecule has 0 atom stereocenters. The summed E-state index contributed by atoms with van der Waals surface area (Å²) >= 11 is 1.72. The summed E-state index contributed by atoms with van der Waals surface area (Å²) in [5.74, 6) is 0.336. The van der Waals surface area contributed by atoms with Crippen LogP contribution in [0.15, 0.2) is 53.7 Å². The maximum absolute atomic E-state index is 12.6. The highest BCUT2D eigenvalue weighted by atomic mass is 32.2. The summed E-state index contributed by atoms with van der Waals surface area (Å²) in [6, 6.07) is 11.4. The summed E-state index contributed by atoms with van der Waals surface area (Å²) in [4.78, 5) is 8.91. The number of pyridine rings is 1. The van der Waals surface area contributed by atoms with E-state index in [9.17, 15) is 8.42 Å². The zero-order valence-corrected chi connectivity index (χ0v) is 14.6. The van der Waals surface area contributed by atoms with Gasteiger partial charge in [0.05, 0.1) is 15.2 Å². The molecule has 1 aliphatic rings. The summed E-state index contributed by atoms with van der Waals surface area (Å²) in [6.07, 6.45) is 4.60. The second-order valence-electron chi connectivity index (χ2n) is 5.89. The van der Waals surface area contributed by atoms with E-state index >= 15 is 0 Å². The first-order valence-electron chi connectivity index (χ1n) is 7.90. The van der Waals surface area contributed by atoms with Crippen LogP contribution in [0.3, 0.4) is 0 Å². The van der Waals surface area contributed by atoms with Gasteiger partial charge in [-0.15, -0.1) is 11.3 Å². The van der Waals surface area contributed by atoms with Gasteiger partial charge in [-0.05, 0) is 37.1 Å². The lowest BCUT2D eigenvalue weighted by molar-refractivity contribution is 0.319. The van der Waals surface area contributed by atoms with Crippen molar-refractivity contribution in [3.63, 3.8) is 0 Å². The van der Waals surface area contributed by atoms with E-state index in [1.54, 1.807) is 34.0 Å². The minimum Gasteiger partial charge on any atom is -0.263 e. The van der Waals surface area contributed by atoms with Crippen molar-refractivity contribution in [2.24, 2.45) is 0 Å². The molecule has 1 saturated heterocycles. The fourth-order valence-corrected chi connectivity index (χ4v) is 5.63. The Hall–Kier alpha value is -1.83. The van der Waals surface area contributed by atoms with Crippen molar-refractivity contribution in [3.8, 4) is 0 Å². The molecular formula is C17H17N3O2S2. The minimum absolute atomic E-state index is 0.267. The van der Waals surface area contributed by atoms with Crippen molar-refractivity contribution in [2.45, 2.75) is 23.7 Å². The number of thiazole rings is 1. The van der Waals surface area contributed by atoms with Crippen LogP contribution >= 0.6 is 11.3 Å². The second kappa shape index (κ2) is 6.23. The van der Waals surface area contributed by atoms with Crippen LogP contribution in [0.5, 0.6) is 0 Å². The first-order chi connectivity index (χ1) is 11.6. The van der Waals surface area contributed by atoms with Gasteiger partial charge in [0.1, 0.15) is 4.90 Å². The number of sulfonamides is 1. The highest BCUT2D eigenvalue weighted by Crippen LogP contribution is 2.35. The summed E-state index contributed by atoms with van der Waals surface area (Å²) in [6.45, 7) is 1.05. The molecule has 3 heterocycles. The van der Waals surface area contributed by atoms with E-state index in [-0.39, 0.29) is 4.90 Å². The van der Waals surface area contributed by atoms with Gasteiger partial charge >= 0.3 is 0 Å². The van der Waals surface area contributed by atoms with Gasteiger partial charge < -0.3 is 0 Å². The molecule has 124 valence electrons. The van der Waals surface area contributed by atoms with Crippen LogP contribution in [0, 0.1) is 0 Å². The van der Waals surface area contributed by atoms with E-state index in [1.165, 1.54) is 10.9 Å². The third-order valence-corrected chi connectivity index (χ3v) is 7.47. The lowest BCUT2D eigenvalue weighted by Crippen LogP contribution is -2.37. The molecule has 0 spiro atoms. The summed E-state index contributed by atoms with van der Waals surface area (Å²) < 4.78 is 28.0. The molecule has 0 radical (unpaired) electrons. The predicted molar refractivity (Wildman–Crippen MR) is 94.6 cm³/mol. The molecule has 24 heavy (non-hydrogen) atoms. The Labute approximate surface area is 145 Å². The van der Waals surface area contributed by atoms with Crippen molar-refractivity contribution in [2.75, 3.05) is 13.1 Å². The zero-order valence-electron chi connectivity index (χ0n) is 13.0. The normalized spacial score (nSPS) is 17.3. The molecule has 0 unspecified atom stereocenters. The van der Waals surface area contributed by atoms with Crippen LogP contribution in [0.25, 0.3) is 10.2 Å². The Morgan fingerprint density at radius 2 is 1.88 bits per heavy atom. The van der Waals surface area contributed by atoms with Gasteiger partial charge in [-0.3, -0.25) is 4.98 Å². The molecule has 7 heteroatoms. The molecular weight excluding hydrogens is 342 g/mol. The van der Waals surface area contributed by atoms with Crippen LogP contribution < -0.4 is 0 Å². The molecule has 0 saturated carbocycles. The third-order valence-electron chi connectivity index (χ3n) is 4.39. The summed E-state index contributed by atoms with van der Waals surface area (Å²) in [5.41, 5.74) is 1.03. The van der Waals surface area contributed by atoms with Crippen LogP contribution in [-0.2, 0) is 10.0 Å². The number of hydrogen-bond acceptors (Lipinski definition) is 5. The smallest absolute Gasteiger partial charge is 0.244 e. The van der Waals surface area contributed by atoms with Crippen molar-refractivity contribution >= 4 is 31.6 Å². The van der Waals surface area contributed by atoms with Crippen molar-refractivity contribution in [3.05, 3.63) is 53.8 Å². The molecule has 1 aliphatic heterocycles. The van der Waals surface area contributed by atoms with Gasteiger partial charge in [0, 0.05) is 31.4 Å². The third kappa shape index (κ3) is 2.83. The Balaban J connectivity index is 1.50. The molecule has 2 aromatic heterocycles. The molecule has 3 aromatic rings. The standard InChI is InChI=1S/C17H17N3O2S2/c21-24(22,14-4-3-9-18-12-14)20-10-7-13(8-11-20)17-19-15-5-1-2-6-16(15)23-17/h1-6,9,12-13H,7-8,10-11H2. The number of para-hydroxylation sites is 1. The maximum Gasteiger partial charge on any atom is 0.244 e. The molecule has 1 fully saturated rings. The Morgan fingerprint density at radius 1 is 1.08 bits per heavy atom. The van der Waals surface area contributed by atoms with E-state index < -0.39 is 10.0 Å². The Bertz CT molecular complexity index is 913. The molecule has 0 amide bonds. The van der Waals surface area contributed by atoms with Crippen LogP contribution in [0.1, 0.15) is 23.8 Å². The molecule has 4 rings (SSSR count). The van der Waals surface area contributed by atoms with Crippen molar-refractivity contribution in [1.29, 1.82) is 0 Å². The fourth-order valence-electron chi connectivity index (χ4n) is 3.06. The largest absolute Gasteiger partial charge is 0.263 e. The predicted octanol–water partition coefficient (Wildman–Crippen LogP) is 3.26. The lowest BCUT2D eigenvalue weighted by Gasteiger charge is -2.30. The number of hydrogen-bond donors (Lipinski definition) is 0. The lowest BCUT2D eigenvalue weighted by atomic mass is 9.99. The monoisotopic (exact) mass is 359 g/mol. The van der Waals surface area contributed by atoms with E-state index in [2.05, 4.69) is 11.1 Å². The van der Waals surface area contributed by atoms with Gasteiger partial charge in [-0.25, -0.2) is 13.4 Å². The Kier molecular flexibility index (Phi) is 4.07. The Morgan fingerprint density at radius 3 is 2.58 bits per heavy atom. The van der Waals surface area contributed by atoms with Gasteiger partial charge in [0.25, 0.3) is 0 Å². The zero-order chi connectivity index (χ0) is 16.6. The number of aromatic nitrogens is 2. The van der Waals surface area contributed by atoms with Crippen LogP contribution in [-0.4, -0.2) is 35.8 Å². The van der Waals surface area contributed by atoms with E-state index in [1.807, 2.05) is 18.2 Å². The first kappa shape index (κ1) is 15.7. The van der Waals surface area contributed by atoms with E-state index in [0.717, 1.165) is 23.4 Å². The number of nitrogens with zero attached hydrogens (tertiary/aromatic N) is 3. The first-order valence-corrected chi connectivity index (χ1v) is 10.2. The number of fused-ring (bicyclic) bond motifs is 1. The topological polar surface area (TPSA) is 63.2 Å². The second-order valence-corrected chi connectivity index (χ2v) is 8.89. The number of benzene rings is 1. The number of piperidine rings is 1.